The number of hydrogen-bond donors (Lipinski definition) is 0. The quantitative estimate of drug-likeness (QED) is 0.304. The molecule has 4 nitrogen and oxygen atoms in total. The van der Waals surface area contributed by atoms with Crippen molar-refractivity contribution >= 4 is 11.9 Å². The van der Waals surface area contributed by atoms with Crippen molar-refractivity contribution in [3.63, 3.8) is 0 Å². The number of esters is 2. The highest BCUT2D eigenvalue weighted by molar-refractivity contribution is 5.82. The topological polar surface area (TPSA) is 52.6 Å². The maximum Gasteiger partial charge on any atom is 0.309 e. The largest absolute Gasteiger partial charge is 0.465 e. The first-order valence-corrected chi connectivity index (χ1v) is 12.2. The van der Waals surface area contributed by atoms with Gasteiger partial charge >= 0.3 is 11.9 Å². The van der Waals surface area contributed by atoms with Crippen LogP contribution in [0.25, 0.3) is 0 Å². The van der Waals surface area contributed by atoms with Gasteiger partial charge in [-0.05, 0) is 49.9 Å². The van der Waals surface area contributed by atoms with E-state index in [2.05, 4.69) is 20.8 Å². The molecule has 29 heavy (non-hydrogen) atoms. The van der Waals surface area contributed by atoms with Crippen LogP contribution in [0.5, 0.6) is 0 Å². The summed E-state index contributed by atoms with van der Waals surface area (Å²) in [5.41, 5.74) is 0. The normalized spacial score (nSPS) is 23.0. The van der Waals surface area contributed by atoms with Gasteiger partial charge in [-0.25, -0.2) is 0 Å². The van der Waals surface area contributed by atoms with Gasteiger partial charge in [0.05, 0.1) is 25.0 Å². The Morgan fingerprint density at radius 1 is 0.828 bits per heavy atom. The standard InChI is InChI=1S/C25H46O4/c1-6-16-28-24(26)22-15-14-21(18-23(22)25(27)29-17-7-2)13-9-12-20(5)11-8-10-19(3)4/h19-23H,6-18H2,1-5H3. The summed E-state index contributed by atoms with van der Waals surface area (Å²) in [4.78, 5) is 25.1. The fraction of sp³-hybridized carbons (Fsp3) is 0.920. The van der Waals surface area contributed by atoms with Gasteiger partial charge in [0.1, 0.15) is 0 Å². The van der Waals surface area contributed by atoms with E-state index in [4.69, 9.17) is 9.47 Å². The second kappa shape index (κ2) is 14.8. The lowest BCUT2D eigenvalue weighted by atomic mass is 9.72. The molecule has 1 aliphatic rings. The molecule has 4 heteroatoms. The molecule has 4 atom stereocenters. The lowest BCUT2D eigenvalue weighted by Crippen LogP contribution is -2.37. The van der Waals surface area contributed by atoms with Crippen molar-refractivity contribution in [1.29, 1.82) is 0 Å². The van der Waals surface area contributed by atoms with E-state index < -0.39 is 0 Å². The average Bonchev–Trinajstić information content (AvgIpc) is 2.69. The van der Waals surface area contributed by atoms with Crippen LogP contribution in [-0.2, 0) is 19.1 Å². The van der Waals surface area contributed by atoms with E-state index in [0.717, 1.165) is 50.4 Å². The van der Waals surface area contributed by atoms with Gasteiger partial charge in [-0.15, -0.1) is 0 Å². The molecule has 0 aromatic rings. The molecular formula is C25H46O4. The van der Waals surface area contributed by atoms with E-state index >= 15 is 0 Å². The lowest BCUT2D eigenvalue weighted by molar-refractivity contribution is -0.164. The number of carbonyl (C=O) groups excluding carboxylic acids is 2. The average molecular weight is 411 g/mol. The van der Waals surface area contributed by atoms with Crippen LogP contribution >= 0.6 is 0 Å². The zero-order valence-corrected chi connectivity index (χ0v) is 19.7. The third kappa shape index (κ3) is 10.5. The minimum Gasteiger partial charge on any atom is -0.465 e. The molecule has 0 spiro atoms. The minimum absolute atomic E-state index is 0.197. The summed E-state index contributed by atoms with van der Waals surface area (Å²) in [5.74, 6) is 1.04. The Morgan fingerprint density at radius 2 is 1.41 bits per heavy atom. The molecule has 1 rings (SSSR count). The monoisotopic (exact) mass is 410 g/mol. The summed E-state index contributed by atoms with van der Waals surface area (Å²) in [7, 11) is 0. The molecule has 4 unspecified atom stereocenters. The van der Waals surface area contributed by atoms with Crippen molar-refractivity contribution in [2.24, 2.45) is 29.6 Å². The maximum absolute atomic E-state index is 12.6. The van der Waals surface area contributed by atoms with Crippen LogP contribution in [0, 0.1) is 29.6 Å². The van der Waals surface area contributed by atoms with Crippen molar-refractivity contribution in [3.8, 4) is 0 Å². The third-order valence-corrected chi connectivity index (χ3v) is 6.25. The minimum atomic E-state index is -0.326. The number of carbonyl (C=O) groups is 2. The Labute approximate surface area is 179 Å². The molecular weight excluding hydrogens is 364 g/mol. The summed E-state index contributed by atoms with van der Waals surface area (Å²) < 4.78 is 10.8. The van der Waals surface area contributed by atoms with Gasteiger partial charge in [-0.2, -0.15) is 0 Å². The first-order chi connectivity index (χ1) is 13.9. The van der Waals surface area contributed by atoms with Gasteiger partial charge in [0.2, 0.25) is 0 Å². The number of ether oxygens (including phenoxy) is 2. The van der Waals surface area contributed by atoms with E-state index in [1.807, 2.05) is 13.8 Å². The SMILES string of the molecule is CCCOC(=O)C1CCC(CCCC(C)CCCC(C)C)CC1C(=O)OCCC. The van der Waals surface area contributed by atoms with Crippen LogP contribution in [0.2, 0.25) is 0 Å². The molecule has 0 heterocycles. The van der Waals surface area contributed by atoms with Crippen LogP contribution in [0.3, 0.4) is 0 Å². The van der Waals surface area contributed by atoms with E-state index in [-0.39, 0.29) is 23.8 Å². The molecule has 0 bridgehead atoms. The fourth-order valence-corrected chi connectivity index (χ4v) is 4.46. The Morgan fingerprint density at radius 3 is 2.00 bits per heavy atom. The first kappa shape index (κ1) is 26.0. The second-order valence-electron chi connectivity index (χ2n) is 9.59. The van der Waals surface area contributed by atoms with E-state index in [1.54, 1.807) is 0 Å². The smallest absolute Gasteiger partial charge is 0.309 e. The summed E-state index contributed by atoms with van der Waals surface area (Å²) in [5, 5.41) is 0. The molecule has 0 amide bonds. The Hall–Kier alpha value is -1.06. The predicted octanol–water partition coefficient (Wildman–Crippen LogP) is 6.56. The molecule has 0 radical (unpaired) electrons. The first-order valence-electron chi connectivity index (χ1n) is 12.2. The highest BCUT2D eigenvalue weighted by Gasteiger charge is 2.40. The van der Waals surface area contributed by atoms with Gasteiger partial charge in [0, 0.05) is 0 Å². The van der Waals surface area contributed by atoms with Gasteiger partial charge in [0.15, 0.2) is 0 Å². The number of rotatable bonds is 14. The van der Waals surface area contributed by atoms with Crippen molar-refractivity contribution in [3.05, 3.63) is 0 Å². The molecule has 0 saturated heterocycles. The van der Waals surface area contributed by atoms with E-state index in [9.17, 15) is 9.59 Å². The van der Waals surface area contributed by atoms with Gasteiger partial charge in [-0.1, -0.05) is 73.1 Å². The molecule has 0 aliphatic heterocycles. The molecule has 0 aromatic heterocycles. The zero-order chi connectivity index (χ0) is 21.6. The Kier molecular flexibility index (Phi) is 13.3. The molecule has 1 fully saturated rings. The molecule has 0 N–H and O–H groups in total. The van der Waals surface area contributed by atoms with Gasteiger partial charge in [-0.3, -0.25) is 9.59 Å². The van der Waals surface area contributed by atoms with Crippen LogP contribution in [0.15, 0.2) is 0 Å². The highest BCUT2D eigenvalue weighted by atomic mass is 16.5. The molecule has 1 saturated carbocycles. The van der Waals surface area contributed by atoms with Crippen LogP contribution < -0.4 is 0 Å². The van der Waals surface area contributed by atoms with Crippen LogP contribution in [0.1, 0.15) is 105 Å². The second-order valence-corrected chi connectivity index (χ2v) is 9.59. The molecule has 170 valence electrons. The van der Waals surface area contributed by atoms with Crippen molar-refractivity contribution in [1.82, 2.24) is 0 Å². The highest BCUT2D eigenvalue weighted by Crippen LogP contribution is 2.38. The van der Waals surface area contributed by atoms with Crippen LogP contribution in [-0.4, -0.2) is 25.2 Å². The maximum atomic E-state index is 12.6. The lowest BCUT2D eigenvalue weighted by Gasteiger charge is -2.33. The van der Waals surface area contributed by atoms with Crippen molar-refractivity contribution in [2.45, 2.75) is 105 Å². The Balaban J connectivity index is 2.50. The van der Waals surface area contributed by atoms with E-state index in [0.29, 0.717) is 19.1 Å². The summed E-state index contributed by atoms with van der Waals surface area (Å²) in [6.45, 7) is 11.8. The summed E-state index contributed by atoms with van der Waals surface area (Å²) in [6, 6.07) is 0. The predicted molar refractivity (Wildman–Crippen MR) is 119 cm³/mol. The van der Waals surface area contributed by atoms with Gasteiger partial charge in [0.25, 0.3) is 0 Å². The molecule has 0 aromatic carbocycles. The summed E-state index contributed by atoms with van der Waals surface area (Å²) in [6.07, 6.45) is 11.8. The Bertz CT molecular complexity index is 460. The van der Waals surface area contributed by atoms with E-state index in [1.165, 1.54) is 32.1 Å². The number of hydrogen-bond acceptors (Lipinski definition) is 4. The fourth-order valence-electron chi connectivity index (χ4n) is 4.46. The van der Waals surface area contributed by atoms with Crippen LogP contribution in [0.4, 0.5) is 0 Å². The third-order valence-electron chi connectivity index (χ3n) is 6.25. The van der Waals surface area contributed by atoms with Crippen molar-refractivity contribution in [2.75, 3.05) is 13.2 Å². The zero-order valence-electron chi connectivity index (χ0n) is 19.7. The summed E-state index contributed by atoms with van der Waals surface area (Å²) >= 11 is 0. The van der Waals surface area contributed by atoms with Crippen molar-refractivity contribution < 1.29 is 19.1 Å². The molecule has 1 aliphatic carbocycles. The van der Waals surface area contributed by atoms with Gasteiger partial charge < -0.3 is 9.47 Å².